The number of benzene rings is 2. The van der Waals surface area contributed by atoms with Gasteiger partial charge in [0.2, 0.25) is 0 Å². The Labute approximate surface area is 230 Å². The zero-order valence-electron chi connectivity index (χ0n) is 17.4. The Bertz CT molecular complexity index is 1220. The van der Waals surface area contributed by atoms with E-state index in [1.165, 1.54) is 15.9 Å². The summed E-state index contributed by atoms with van der Waals surface area (Å²) in [5, 5.41) is 15.6. The average molecular weight is 488 g/mol. The van der Waals surface area contributed by atoms with Crippen LogP contribution in [0, 0.1) is 0 Å². The number of hydrogen-bond acceptors (Lipinski definition) is 4. The molecule has 0 aliphatic rings. The molecule has 0 fully saturated rings. The minimum absolute atomic E-state index is 0. The van der Waals surface area contributed by atoms with Gasteiger partial charge in [0.05, 0.1) is 5.69 Å². The largest absolute Gasteiger partial charge is 1.00 e. The van der Waals surface area contributed by atoms with Gasteiger partial charge in [-0.3, -0.25) is 14.9 Å². The number of carbonyl (C=O) groups is 2. The van der Waals surface area contributed by atoms with Crippen LogP contribution >= 0.6 is 22.9 Å². The molecule has 4 rings (SSSR count). The number of aliphatic carboxylic acids is 1. The zero-order chi connectivity index (χ0) is 19.7. The van der Waals surface area contributed by atoms with Crippen molar-refractivity contribution in [2.75, 3.05) is 5.32 Å². The quantitative estimate of drug-likeness (QED) is 0.387. The van der Waals surface area contributed by atoms with Gasteiger partial charge in [0.25, 0.3) is 5.91 Å². The Balaban J connectivity index is 0.00000240. The second kappa shape index (κ2) is 11.9. The molecule has 2 aromatic carbocycles. The number of fused-ring (bicyclic) bond motifs is 1. The Morgan fingerprint density at radius 3 is 2.52 bits per heavy atom. The van der Waals surface area contributed by atoms with Gasteiger partial charge in [0.15, 0.2) is 5.13 Å². The summed E-state index contributed by atoms with van der Waals surface area (Å²) in [5.74, 6) is -1.44. The molecule has 0 aliphatic carbocycles. The topological polar surface area (TPSA) is 147 Å². The summed E-state index contributed by atoms with van der Waals surface area (Å²) in [6.45, 7) is -0.307. The molecule has 2 heterocycles. The molecule has 31 heavy (non-hydrogen) atoms. The molecule has 11 heteroatoms. The second-order valence-electron chi connectivity index (χ2n) is 6.04. The summed E-state index contributed by atoms with van der Waals surface area (Å²) in [6.07, 6.45) is 0. The summed E-state index contributed by atoms with van der Waals surface area (Å²) >= 11 is 7.48. The van der Waals surface area contributed by atoms with Gasteiger partial charge in [0, 0.05) is 26.9 Å². The summed E-state index contributed by atoms with van der Waals surface area (Å²) in [5.41, 5.74) is 2.39. The standard InChI is InChI=1S/C20H14ClN3O3S.K.2H2O.H/c21-14-7-3-2-6-13(14)15-11-28-20(22-15)23-19(27)17-9-12-5-1-4-8-16(12)24(17)10-18(25)26;;;;/h1-9,11H,10H2,(H,25,26)(H,22,23,27);;2*1H2;/q;+1;;;-1. The fourth-order valence-corrected chi connectivity index (χ4v) is 3.93. The van der Waals surface area contributed by atoms with Crippen molar-refractivity contribution in [1.29, 1.82) is 0 Å². The van der Waals surface area contributed by atoms with Gasteiger partial charge < -0.3 is 22.1 Å². The van der Waals surface area contributed by atoms with Crippen LogP contribution in [0.25, 0.3) is 22.2 Å². The Morgan fingerprint density at radius 2 is 1.81 bits per heavy atom. The second-order valence-corrected chi connectivity index (χ2v) is 7.31. The molecule has 0 radical (unpaired) electrons. The predicted octanol–water partition coefficient (Wildman–Crippen LogP) is 0.222. The first-order chi connectivity index (χ1) is 13.5. The van der Waals surface area contributed by atoms with Gasteiger partial charge in [-0.15, -0.1) is 11.3 Å². The third kappa shape index (κ3) is 6.01. The normalized spacial score (nSPS) is 9.84. The molecular formula is C20H19ClKN3O5S. The van der Waals surface area contributed by atoms with Crippen molar-refractivity contribution >= 4 is 50.8 Å². The van der Waals surface area contributed by atoms with E-state index in [1.54, 1.807) is 24.3 Å². The summed E-state index contributed by atoms with van der Waals surface area (Å²) in [7, 11) is 0. The van der Waals surface area contributed by atoms with Crippen LogP contribution in [-0.2, 0) is 11.3 Å². The Kier molecular flexibility index (Phi) is 10.5. The maximum absolute atomic E-state index is 12.8. The SMILES string of the molecule is O.O.O=C(O)Cn1c(C(=O)Nc2nc(-c3ccccc3Cl)cs2)cc2ccccc21.[H-].[K+]. The number of halogens is 1. The van der Waals surface area contributed by atoms with Crippen LogP contribution in [0.2, 0.25) is 5.02 Å². The number of hydrogen-bond donors (Lipinski definition) is 2. The first kappa shape index (κ1) is 27.4. The van der Waals surface area contributed by atoms with Gasteiger partial charge in [-0.05, 0) is 18.2 Å². The van der Waals surface area contributed by atoms with Crippen molar-refractivity contribution in [3.63, 3.8) is 0 Å². The number of thiazole rings is 1. The molecule has 0 bridgehead atoms. The van der Waals surface area contributed by atoms with Crippen LogP contribution in [0.5, 0.6) is 0 Å². The smallest absolute Gasteiger partial charge is 1.00 e. The molecule has 1 amide bonds. The minimum Gasteiger partial charge on any atom is -1.00 e. The molecule has 0 unspecified atom stereocenters. The van der Waals surface area contributed by atoms with Crippen molar-refractivity contribution in [2.45, 2.75) is 6.54 Å². The van der Waals surface area contributed by atoms with Crippen molar-refractivity contribution in [3.05, 3.63) is 70.7 Å². The van der Waals surface area contributed by atoms with E-state index in [-0.39, 0.29) is 76.0 Å². The van der Waals surface area contributed by atoms with Crippen LogP contribution in [0.1, 0.15) is 11.9 Å². The molecule has 0 saturated heterocycles. The van der Waals surface area contributed by atoms with Gasteiger partial charge in [-0.25, -0.2) is 4.98 Å². The number of nitrogens with one attached hydrogen (secondary N) is 1. The van der Waals surface area contributed by atoms with Gasteiger partial charge in [0.1, 0.15) is 12.2 Å². The van der Waals surface area contributed by atoms with E-state index in [2.05, 4.69) is 10.3 Å². The van der Waals surface area contributed by atoms with Crippen LogP contribution < -0.4 is 56.7 Å². The molecule has 0 saturated carbocycles. The Morgan fingerprint density at radius 1 is 1.13 bits per heavy atom. The molecule has 0 spiro atoms. The van der Waals surface area contributed by atoms with Crippen molar-refractivity contribution in [1.82, 2.24) is 9.55 Å². The molecule has 158 valence electrons. The van der Waals surface area contributed by atoms with Gasteiger partial charge in [-0.2, -0.15) is 0 Å². The number of carbonyl (C=O) groups excluding carboxylic acids is 1. The number of aromatic nitrogens is 2. The van der Waals surface area contributed by atoms with Crippen molar-refractivity contribution in [2.24, 2.45) is 0 Å². The molecule has 6 N–H and O–H groups in total. The van der Waals surface area contributed by atoms with Crippen LogP contribution in [0.4, 0.5) is 5.13 Å². The van der Waals surface area contributed by atoms with E-state index >= 15 is 0 Å². The number of carboxylic acids is 1. The number of nitrogens with zero attached hydrogens (tertiary/aromatic N) is 2. The minimum atomic E-state index is -1.02. The first-order valence-electron chi connectivity index (χ1n) is 8.35. The van der Waals surface area contributed by atoms with E-state index < -0.39 is 11.9 Å². The number of anilines is 1. The van der Waals surface area contributed by atoms with E-state index in [1.807, 2.05) is 35.7 Å². The number of rotatable bonds is 5. The van der Waals surface area contributed by atoms with Gasteiger partial charge in [-0.1, -0.05) is 48.0 Å². The third-order valence-electron chi connectivity index (χ3n) is 4.21. The van der Waals surface area contributed by atoms with Crippen LogP contribution in [0.15, 0.2) is 60.0 Å². The maximum atomic E-state index is 12.8. The van der Waals surface area contributed by atoms with E-state index in [0.29, 0.717) is 21.4 Å². The summed E-state index contributed by atoms with van der Waals surface area (Å²) in [4.78, 5) is 28.5. The molecule has 2 aromatic heterocycles. The fraction of sp³-hybridized carbons (Fsp3) is 0.0500. The van der Waals surface area contributed by atoms with Crippen molar-refractivity contribution < 1.29 is 78.5 Å². The van der Waals surface area contributed by atoms with E-state index in [0.717, 1.165) is 10.9 Å². The molecule has 8 nitrogen and oxygen atoms in total. The Hall–Kier alpha value is -1.60. The molecule has 4 aromatic rings. The van der Waals surface area contributed by atoms with E-state index in [4.69, 9.17) is 11.6 Å². The number of para-hydroxylation sites is 1. The third-order valence-corrected chi connectivity index (χ3v) is 5.30. The molecular weight excluding hydrogens is 469 g/mol. The number of amides is 1. The monoisotopic (exact) mass is 487 g/mol. The first-order valence-corrected chi connectivity index (χ1v) is 9.60. The average Bonchev–Trinajstić information content (AvgIpc) is 3.27. The zero-order valence-corrected chi connectivity index (χ0v) is 21.1. The van der Waals surface area contributed by atoms with Crippen LogP contribution in [0.3, 0.4) is 0 Å². The van der Waals surface area contributed by atoms with Crippen LogP contribution in [-0.4, -0.2) is 37.5 Å². The maximum Gasteiger partial charge on any atom is 1.00 e. The van der Waals surface area contributed by atoms with E-state index in [9.17, 15) is 14.7 Å². The number of carboxylic acid groups (broad SMARTS) is 1. The molecule has 0 atom stereocenters. The van der Waals surface area contributed by atoms with Gasteiger partial charge >= 0.3 is 57.4 Å². The van der Waals surface area contributed by atoms with Crippen molar-refractivity contribution in [3.8, 4) is 11.3 Å². The predicted molar refractivity (Wildman–Crippen MR) is 118 cm³/mol. The summed E-state index contributed by atoms with van der Waals surface area (Å²) < 4.78 is 1.48. The summed E-state index contributed by atoms with van der Waals surface area (Å²) in [6, 6.07) is 16.3. The molecule has 0 aliphatic heterocycles. The fourth-order valence-electron chi connectivity index (χ4n) is 2.99.